The molecule has 1 aromatic heterocycles. The highest BCUT2D eigenvalue weighted by molar-refractivity contribution is 7.92. The van der Waals surface area contributed by atoms with Crippen LogP contribution in [0.15, 0.2) is 47.6 Å². The number of carbonyl (C=O) groups excluding carboxylic acids is 1. The van der Waals surface area contributed by atoms with Crippen LogP contribution in [0, 0.1) is 5.92 Å². The molecule has 3 rings (SSSR count). The summed E-state index contributed by atoms with van der Waals surface area (Å²) in [5.74, 6) is 0.271. The number of nitrogens with zero attached hydrogens (tertiary/aromatic N) is 1. The van der Waals surface area contributed by atoms with Crippen LogP contribution >= 0.6 is 0 Å². The zero-order chi connectivity index (χ0) is 20.5. The van der Waals surface area contributed by atoms with Crippen molar-refractivity contribution < 1.29 is 13.2 Å². The summed E-state index contributed by atoms with van der Waals surface area (Å²) in [5, 5.41) is 6.32. The van der Waals surface area contributed by atoms with Gasteiger partial charge >= 0.3 is 0 Å². The van der Waals surface area contributed by atoms with Crippen molar-refractivity contribution in [2.75, 3.05) is 10.6 Å². The van der Waals surface area contributed by atoms with Crippen LogP contribution in [0.25, 0.3) is 0 Å². The van der Waals surface area contributed by atoms with Gasteiger partial charge < -0.3 is 10.6 Å². The fraction of sp³-hybridized carbons (Fsp3) is 0.429. The van der Waals surface area contributed by atoms with E-state index in [0.717, 1.165) is 29.8 Å². The molecule has 7 heteroatoms. The molecule has 1 aliphatic rings. The van der Waals surface area contributed by atoms with Gasteiger partial charge in [-0.3, -0.25) is 4.79 Å². The van der Waals surface area contributed by atoms with Crippen LogP contribution in [-0.4, -0.2) is 24.1 Å². The molecular weight excluding hydrogens is 374 g/mol. The highest BCUT2D eigenvalue weighted by Crippen LogP contribution is 2.30. The number of sulfone groups is 1. The topological polar surface area (TPSA) is 88.2 Å². The minimum absolute atomic E-state index is 0.0000527. The van der Waals surface area contributed by atoms with Gasteiger partial charge in [0.1, 0.15) is 0 Å². The van der Waals surface area contributed by atoms with Crippen LogP contribution in [-0.2, 0) is 14.6 Å². The van der Waals surface area contributed by atoms with E-state index in [9.17, 15) is 13.2 Å². The Labute approximate surface area is 166 Å². The first-order valence-electron chi connectivity index (χ1n) is 9.46. The number of carbonyl (C=O) groups is 1. The molecule has 1 aliphatic carbocycles. The van der Waals surface area contributed by atoms with Gasteiger partial charge in [0.25, 0.3) is 0 Å². The Kier molecular flexibility index (Phi) is 5.48. The number of rotatable bonds is 6. The van der Waals surface area contributed by atoms with Crippen LogP contribution in [0.3, 0.4) is 0 Å². The molecule has 0 aliphatic heterocycles. The van der Waals surface area contributed by atoms with E-state index in [0.29, 0.717) is 0 Å². The molecule has 1 saturated carbocycles. The fourth-order valence-electron chi connectivity index (χ4n) is 2.72. The maximum Gasteiger partial charge on any atom is 0.227 e. The molecule has 6 nitrogen and oxygen atoms in total. The van der Waals surface area contributed by atoms with Crippen molar-refractivity contribution in [1.29, 1.82) is 0 Å². The predicted octanol–water partition coefficient (Wildman–Crippen LogP) is 4.18. The summed E-state index contributed by atoms with van der Waals surface area (Å²) >= 11 is 0. The van der Waals surface area contributed by atoms with Crippen LogP contribution in [0.4, 0.5) is 11.4 Å². The van der Waals surface area contributed by atoms with Crippen molar-refractivity contribution in [2.24, 2.45) is 5.92 Å². The van der Waals surface area contributed by atoms with E-state index in [-0.39, 0.29) is 22.9 Å². The van der Waals surface area contributed by atoms with Gasteiger partial charge in [-0.1, -0.05) is 12.1 Å². The lowest BCUT2D eigenvalue weighted by Gasteiger charge is -2.19. The van der Waals surface area contributed by atoms with E-state index in [2.05, 4.69) is 15.6 Å². The minimum Gasteiger partial charge on any atom is -0.377 e. The number of benzene rings is 1. The summed E-state index contributed by atoms with van der Waals surface area (Å²) in [6.07, 6.45) is 3.50. The Morgan fingerprint density at radius 1 is 1.07 bits per heavy atom. The van der Waals surface area contributed by atoms with Crippen LogP contribution < -0.4 is 10.6 Å². The predicted molar refractivity (Wildman–Crippen MR) is 111 cm³/mol. The maximum atomic E-state index is 12.5. The number of amides is 1. The van der Waals surface area contributed by atoms with Gasteiger partial charge in [0, 0.05) is 17.6 Å². The lowest BCUT2D eigenvalue weighted by Crippen LogP contribution is -2.28. The highest BCUT2D eigenvalue weighted by Gasteiger charge is 2.32. The summed E-state index contributed by atoms with van der Waals surface area (Å²) in [6.45, 7) is 7.00. The molecule has 0 spiro atoms. The van der Waals surface area contributed by atoms with Gasteiger partial charge in [0.2, 0.25) is 5.91 Å². The van der Waals surface area contributed by atoms with Gasteiger partial charge in [-0.05, 0) is 70.4 Å². The van der Waals surface area contributed by atoms with Crippen molar-refractivity contribution in [1.82, 2.24) is 4.98 Å². The van der Waals surface area contributed by atoms with Crippen LogP contribution in [0.5, 0.6) is 0 Å². The van der Waals surface area contributed by atoms with E-state index in [1.54, 1.807) is 33.0 Å². The summed E-state index contributed by atoms with van der Waals surface area (Å²) in [5.41, 5.74) is 2.59. The van der Waals surface area contributed by atoms with Crippen molar-refractivity contribution in [3.63, 3.8) is 0 Å². The third kappa shape index (κ3) is 4.52. The molecule has 1 unspecified atom stereocenters. The monoisotopic (exact) mass is 401 g/mol. The maximum absolute atomic E-state index is 12.5. The van der Waals surface area contributed by atoms with Gasteiger partial charge in [-0.2, -0.15) is 0 Å². The van der Waals surface area contributed by atoms with Gasteiger partial charge in [-0.15, -0.1) is 0 Å². The van der Waals surface area contributed by atoms with E-state index < -0.39 is 14.6 Å². The number of aromatic nitrogens is 1. The van der Waals surface area contributed by atoms with E-state index in [4.69, 9.17) is 0 Å². The average Bonchev–Trinajstić information content (AvgIpc) is 3.47. The summed E-state index contributed by atoms with van der Waals surface area (Å²) in [6, 6.07) is 11.0. The second-order valence-electron chi connectivity index (χ2n) is 8.25. The molecule has 1 fully saturated rings. The first-order valence-corrected chi connectivity index (χ1v) is 10.9. The van der Waals surface area contributed by atoms with Crippen molar-refractivity contribution in [3.05, 3.63) is 48.2 Å². The minimum atomic E-state index is -3.46. The normalized spacial score (nSPS) is 15.7. The second kappa shape index (κ2) is 7.54. The number of hydrogen-bond donors (Lipinski definition) is 2. The highest BCUT2D eigenvalue weighted by atomic mass is 32.2. The molecule has 28 heavy (non-hydrogen) atoms. The standard InChI is InChI=1S/C21H27N3O3S/c1-14(15-7-9-17(10-8-15)24-20(25)16-5-6-16)23-18-11-12-19(22-13-18)28(26,27)21(2,3)4/h7-14,16,23H,5-6H2,1-4H3,(H,24,25). The molecule has 1 atom stereocenters. The lowest BCUT2D eigenvalue weighted by atomic mass is 10.1. The third-order valence-corrected chi connectivity index (χ3v) is 7.23. The molecule has 0 saturated heterocycles. The first kappa shape index (κ1) is 20.3. The van der Waals surface area contributed by atoms with Crippen molar-refractivity contribution >= 4 is 27.1 Å². The van der Waals surface area contributed by atoms with E-state index in [1.165, 1.54) is 6.07 Å². The molecule has 1 aromatic carbocycles. The van der Waals surface area contributed by atoms with Crippen molar-refractivity contribution in [3.8, 4) is 0 Å². The number of hydrogen-bond acceptors (Lipinski definition) is 5. The van der Waals surface area contributed by atoms with E-state index >= 15 is 0 Å². The van der Waals surface area contributed by atoms with Gasteiger partial charge in [-0.25, -0.2) is 13.4 Å². The molecule has 1 heterocycles. The Bertz CT molecular complexity index is 942. The molecule has 2 aromatic rings. The molecule has 0 radical (unpaired) electrons. The van der Waals surface area contributed by atoms with Gasteiger partial charge in [0.05, 0.1) is 16.6 Å². The summed E-state index contributed by atoms with van der Waals surface area (Å²) in [4.78, 5) is 16.0. The number of nitrogens with one attached hydrogen (secondary N) is 2. The zero-order valence-electron chi connectivity index (χ0n) is 16.7. The Morgan fingerprint density at radius 3 is 2.18 bits per heavy atom. The average molecular weight is 402 g/mol. The number of anilines is 2. The molecule has 1 amide bonds. The zero-order valence-corrected chi connectivity index (χ0v) is 17.5. The lowest BCUT2D eigenvalue weighted by molar-refractivity contribution is -0.117. The third-order valence-electron chi connectivity index (χ3n) is 4.83. The smallest absolute Gasteiger partial charge is 0.227 e. The SMILES string of the molecule is CC(Nc1ccc(S(=O)(=O)C(C)(C)C)nc1)c1ccc(NC(=O)C2CC2)cc1. The Hall–Kier alpha value is -2.41. The van der Waals surface area contributed by atoms with Crippen molar-refractivity contribution in [2.45, 2.75) is 56.4 Å². The second-order valence-corrected chi connectivity index (χ2v) is 10.9. The van der Waals surface area contributed by atoms with Crippen LogP contribution in [0.1, 0.15) is 52.1 Å². The largest absolute Gasteiger partial charge is 0.377 e. The molecular formula is C21H27N3O3S. The number of pyridine rings is 1. The fourth-order valence-corrected chi connectivity index (χ4v) is 3.78. The molecule has 150 valence electrons. The first-order chi connectivity index (χ1) is 13.1. The van der Waals surface area contributed by atoms with Crippen LogP contribution in [0.2, 0.25) is 0 Å². The molecule has 2 N–H and O–H groups in total. The molecule has 0 bridgehead atoms. The summed E-state index contributed by atoms with van der Waals surface area (Å²) < 4.78 is 24.0. The van der Waals surface area contributed by atoms with Gasteiger partial charge in [0.15, 0.2) is 14.9 Å². The Balaban J connectivity index is 1.64. The quantitative estimate of drug-likeness (QED) is 0.758. The Morgan fingerprint density at radius 2 is 1.68 bits per heavy atom. The van der Waals surface area contributed by atoms with E-state index in [1.807, 2.05) is 31.2 Å². The summed E-state index contributed by atoms with van der Waals surface area (Å²) in [7, 11) is -3.46.